The van der Waals surface area contributed by atoms with Crippen molar-refractivity contribution >= 4 is 151 Å². The number of hydrogen-bond donors (Lipinski definition) is 0. The van der Waals surface area contributed by atoms with Crippen molar-refractivity contribution in [3.8, 4) is 0 Å². The average Bonchev–Trinajstić information content (AvgIpc) is 0.756. The molecule has 0 heterocycles. The minimum atomic E-state index is 1.31. The molecular weight excluding hydrogens is 1210 g/mol. The van der Waals surface area contributed by atoms with Gasteiger partial charge in [-0.15, -0.1) is 0 Å². The zero-order valence-corrected chi connectivity index (χ0v) is 59.3. The number of benzene rings is 20. The molecule has 0 nitrogen and oxygen atoms in total. The van der Waals surface area contributed by atoms with Gasteiger partial charge in [0.2, 0.25) is 0 Å². The highest BCUT2D eigenvalue weighted by atomic mass is 14.2. The molecule has 0 atom stereocenters. The van der Waals surface area contributed by atoms with E-state index in [2.05, 4.69) is 396 Å². The summed E-state index contributed by atoms with van der Waals surface area (Å²) >= 11 is 0. The average molecular weight is 1300 g/mol. The maximum absolute atomic E-state index is 2.35. The molecule has 0 aliphatic carbocycles. The molecule has 0 unspecified atom stereocenters. The van der Waals surface area contributed by atoms with Gasteiger partial charge in [0.1, 0.15) is 0 Å². The molecule has 0 aromatic heterocycles. The van der Waals surface area contributed by atoms with Gasteiger partial charge in [-0.2, -0.15) is 0 Å². The second-order valence-corrected chi connectivity index (χ2v) is 27.4. The van der Waals surface area contributed by atoms with E-state index in [1.165, 1.54) is 201 Å². The van der Waals surface area contributed by atoms with Crippen LogP contribution in [0.2, 0.25) is 0 Å². The zero-order valence-electron chi connectivity index (χ0n) is 59.3. The third-order valence-corrected chi connectivity index (χ3v) is 21.2. The second kappa shape index (κ2) is 28.1. The molecule has 101 heavy (non-hydrogen) atoms. The van der Waals surface area contributed by atoms with Crippen LogP contribution in [0.1, 0.15) is 50.1 Å². The summed E-state index contributed by atoms with van der Waals surface area (Å²) in [6.45, 7) is 19.8. The van der Waals surface area contributed by atoms with E-state index in [4.69, 9.17) is 0 Å². The van der Waals surface area contributed by atoms with Gasteiger partial charge in [0, 0.05) is 0 Å². The number of aryl methyl sites for hydroxylation is 9. The molecule has 0 saturated carbocycles. The van der Waals surface area contributed by atoms with Crippen molar-refractivity contribution in [2.45, 2.75) is 62.3 Å². The zero-order chi connectivity index (χ0) is 69.3. The normalized spacial score (nSPS) is 11.2. The lowest BCUT2D eigenvalue weighted by atomic mass is 9.90. The van der Waals surface area contributed by atoms with E-state index < -0.39 is 0 Å². The Kier molecular flexibility index (Phi) is 18.1. The topological polar surface area (TPSA) is 0 Å². The quantitative estimate of drug-likeness (QED) is 0.133. The summed E-state index contributed by atoms with van der Waals surface area (Å²) in [6.07, 6.45) is 0. The molecule has 20 rings (SSSR count). The van der Waals surface area contributed by atoms with Gasteiger partial charge in [0.05, 0.1) is 0 Å². The van der Waals surface area contributed by atoms with Gasteiger partial charge in [0.15, 0.2) is 0 Å². The Morgan fingerprint density at radius 3 is 0.644 bits per heavy atom. The fourth-order valence-corrected chi connectivity index (χ4v) is 15.5. The Hall–Kier alpha value is -12.0. The fraction of sp³-hybridized carbons (Fsp3) is 0.0891. The van der Waals surface area contributed by atoms with Crippen molar-refractivity contribution in [3.63, 3.8) is 0 Å². The summed E-state index contributed by atoms with van der Waals surface area (Å²) < 4.78 is 0. The lowest BCUT2D eigenvalue weighted by Gasteiger charge is -2.14. The summed E-state index contributed by atoms with van der Waals surface area (Å²) in [5.74, 6) is 0. The van der Waals surface area contributed by atoms with E-state index in [-0.39, 0.29) is 0 Å². The van der Waals surface area contributed by atoms with Crippen LogP contribution in [0.4, 0.5) is 0 Å². The molecule has 0 heteroatoms. The maximum atomic E-state index is 2.35. The smallest absolute Gasteiger partial charge is 0.0139 e. The van der Waals surface area contributed by atoms with Crippen LogP contribution in [0.3, 0.4) is 0 Å². The van der Waals surface area contributed by atoms with Crippen molar-refractivity contribution < 1.29 is 0 Å². The van der Waals surface area contributed by atoms with Crippen molar-refractivity contribution in [2.24, 2.45) is 0 Å². The largest absolute Gasteiger partial charge is 0.0616 e. The van der Waals surface area contributed by atoms with E-state index in [9.17, 15) is 0 Å². The van der Waals surface area contributed by atoms with E-state index in [1.807, 2.05) is 0 Å². The van der Waals surface area contributed by atoms with Gasteiger partial charge in [-0.1, -0.05) is 273 Å². The van der Waals surface area contributed by atoms with Crippen LogP contribution in [0, 0.1) is 62.3 Å². The molecule has 0 fully saturated rings. The molecule has 0 bridgehead atoms. The van der Waals surface area contributed by atoms with Crippen LogP contribution in [0.15, 0.2) is 334 Å². The lowest BCUT2D eigenvalue weighted by molar-refractivity contribution is 1.46. The standard InChI is InChI=1S/C24H18.C23H16.C16H14.C15H12.C12H12.C11H10/c1-15-21-11-17-7-3-5-9-19(17)13-23(21)16(2)24-14-20-10-6-4-8-18(20)12-22(15)24;1-15-22-13-18-8-4-2-6-16(18)10-20(22)12-21-11-17-7-3-5-9-19(17)14-23(15)21;1-11-13-7-3-5-9-15(13)12(2)16-10-6-4-8-14(11)16;1-11-14-8-4-2-6-12(14)10-13-7-3-5-9-15(11)13;1-9-7-8-10(2)12-6-4-3-5-11(9)12;1-9-5-4-7-10-6-2-3-8-11(9)10/h3-14H,1-2H3;2-14H,1H3;3-10H,1-2H3;2-10H,1H3;3-8H,1-2H3;2-8H,1H3. The summed E-state index contributed by atoms with van der Waals surface area (Å²) in [7, 11) is 0. The maximum Gasteiger partial charge on any atom is -0.0139 e. The first-order chi connectivity index (χ1) is 49.3. The Morgan fingerprint density at radius 1 is 0.109 bits per heavy atom. The summed E-state index contributed by atoms with van der Waals surface area (Å²) in [5.41, 5.74) is 12.3. The van der Waals surface area contributed by atoms with Crippen molar-refractivity contribution in [1.82, 2.24) is 0 Å². The number of fused-ring (bicyclic) bond motifs is 14. The minimum absolute atomic E-state index is 1.31. The minimum Gasteiger partial charge on any atom is -0.0616 e. The highest BCUT2D eigenvalue weighted by Crippen LogP contribution is 2.39. The molecule has 0 saturated heterocycles. The van der Waals surface area contributed by atoms with E-state index in [0.29, 0.717) is 0 Å². The molecular formula is C101H82. The molecule has 486 valence electrons. The third kappa shape index (κ3) is 12.9. The van der Waals surface area contributed by atoms with Gasteiger partial charge in [0.25, 0.3) is 0 Å². The Bertz CT molecular complexity index is 6050. The molecule has 0 N–H and O–H groups in total. The van der Waals surface area contributed by atoms with Crippen LogP contribution in [0.5, 0.6) is 0 Å². The van der Waals surface area contributed by atoms with Crippen LogP contribution in [0.25, 0.3) is 151 Å². The molecule has 0 amide bonds. The molecule has 0 aliphatic rings. The molecule has 20 aromatic carbocycles. The van der Waals surface area contributed by atoms with Crippen molar-refractivity contribution in [2.75, 3.05) is 0 Å². The Labute approximate surface area is 593 Å². The summed E-state index contributed by atoms with van der Waals surface area (Å²) in [5, 5.41) is 37.6. The van der Waals surface area contributed by atoms with Gasteiger partial charge < -0.3 is 0 Å². The first-order valence-electron chi connectivity index (χ1n) is 35.5. The second-order valence-electron chi connectivity index (χ2n) is 27.4. The molecule has 0 radical (unpaired) electrons. The highest BCUT2D eigenvalue weighted by molar-refractivity contribution is 6.14. The van der Waals surface area contributed by atoms with E-state index >= 15 is 0 Å². The first kappa shape index (κ1) is 65.0. The summed E-state index contributed by atoms with van der Waals surface area (Å²) in [6, 6.07) is 120. The Morgan fingerprint density at radius 2 is 0.307 bits per heavy atom. The van der Waals surface area contributed by atoms with Crippen LogP contribution in [-0.2, 0) is 0 Å². The predicted molar refractivity (Wildman–Crippen MR) is 446 cm³/mol. The molecule has 0 spiro atoms. The fourth-order valence-electron chi connectivity index (χ4n) is 15.5. The van der Waals surface area contributed by atoms with E-state index in [1.54, 1.807) is 0 Å². The van der Waals surface area contributed by atoms with Crippen molar-refractivity contribution in [3.05, 3.63) is 384 Å². The highest BCUT2D eigenvalue weighted by Gasteiger charge is 2.13. The van der Waals surface area contributed by atoms with Gasteiger partial charge in [-0.25, -0.2) is 0 Å². The Balaban J connectivity index is 0.000000101. The predicted octanol–water partition coefficient (Wildman–Crippen LogP) is 29.0. The van der Waals surface area contributed by atoms with Gasteiger partial charge in [-0.05, 0) is 324 Å². The van der Waals surface area contributed by atoms with Gasteiger partial charge >= 0.3 is 0 Å². The van der Waals surface area contributed by atoms with Crippen molar-refractivity contribution in [1.29, 1.82) is 0 Å². The summed E-state index contributed by atoms with van der Waals surface area (Å²) in [4.78, 5) is 0. The SMILES string of the molecule is Cc1c2cc3ccccc3cc2c(C)c2cc3ccccc3cc12.Cc1c2cc3ccccc3cc2cc2cc3ccccc3cc12.Cc1c2ccccc2c(C)c2ccccc12.Cc1c2ccccc2cc2ccccc12.Cc1ccc(C)c2ccccc12.Cc1cccc2ccccc12. The molecule has 20 aromatic rings. The number of rotatable bonds is 0. The third-order valence-electron chi connectivity index (χ3n) is 21.2. The van der Waals surface area contributed by atoms with E-state index in [0.717, 1.165) is 0 Å². The molecule has 0 aliphatic heterocycles. The van der Waals surface area contributed by atoms with Gasteiger partial charge in [-0.3, -0.25) is 0 Å². The number of hydrogen-bond acceptors (Lipinski definition) is 0. The monoisotopic (exact) mass is 1290 g/mol. The van der Waals surface area contributed by atoms with Crippen LogP contribution >= 0.6 is 0 Å². The van der Waals surface area contributed by atoms with Crippen LogP contribution in [-0.4, -0.2) is 0 Å². The van der Waals surface area contributed by atoms with Crippen LogP contribution < -0.4 is 0 Å². The lowest BCUT2D eigenvalue weighted by Crippen LogP contribution is -1.89. The first-order valence-corrected chi connectivity index (χ1v) is 35.5.